The van der Waals surface area contributed by atoms with Gasteiger partial charge in [0.15, 0.2) is 5.78 Å². The molecule has 0 unspecified atom stereocenters. The average molecular weight is 301 g/mol. The summed E-state index contributed by atoms with van der Waals surface area (Å²) in [4.78, 5) is 12.1. The van der Waals surface area contributed by atoms with Crippen molar-refractivity contribution in [1.82, 2.24) is 0 Å². The number of hydrogen-bond donors (Lipinski definition) is 0. The standard InChI is InChI=1S/C14H8Cl2F2O/c1-7-2-3-11(17)12(13(7)18)14(19)8-4-9(15)6-10(16)5-8/h2-6H,1H3. The number of hydrogen-bond acceptors (Lipinski definition) is 1. The zero-order chi connectivity index (χ0) is 14.2. The molecule has 0 saturated carbocycles. The Balaban J connectivity index is 2.59. The largest absolute Gasteiger partial charge is 0.288 e. The SMILES string of the molecule is Cc1ccc(F)c(C(=O)c2cc(Cl)cc(Cl)c2)c1F. The quantitative estimate of drug-likeness (QED) is 0.727. The lowest BCUT2D eigenvalue weighted by Crippen LogP contribution is -2.09. The van der Waals surface area contributed by atoms with Crippen molar-refractivity contribution in [2.75, 3.05) is 0 Å². The number of ketones is 1. The van der Waals surface area contributed by atoms with E-state index in [2.05, 4.69) is 0 Å². The minimum Gasteiger partial charge on any atom is -0.288 e. The number of aryl methyl sites for hydroxylation is 1. The molecule has 19 heavy (non-hydrogen) atoms. The van der Waals surface area contributed by atoms with E-state index in [1.54, 1.807) is 0 Å². The van der Waals surface area contributed by atoms with E-state index in [0.29, 0.717) is 0 Å². The van der Waals surface area contributed by atoms with Crippen LogP contribution in [0.2, 0.25) is 10.0 Å². The zero-order valence-electron chi connectivity index (χ0n) is 9.81. The molecule has 5 heteroatoms. The van der Waals surface area contributed by atoms with Crippen LogP contribution in [0.4, 0.5) is 8.78 Å². The maximum absolute atomic E-state index is 13.9. The van der Waals surface area contributed by atoms with Crippen molar-refractivity contribution >= 4 is 29.0 Å². The monoisotopic (exact) mass is 300 g/mol. The maximum Gasteiger partial charge on any atom is 0.199 e. The molecule has 2 aromatic rings. The number of halogens is 4. The third-order valence-corrected chi connectivity index (χ3v) is 3.07. The van der Waals surface area contributed by atoms with Crippen molar-refractivity contribution in [3.05, 3.63) is 68.7 Å². The molecule has 0 fully saturated rings. The molecule has 0 bridgehead atoms. The molecule has 0 aliphatic carbocycles. The molecule has 0 N–H and O–H groups in total. The van der Waals surface area contributed by atoms with Crippen LogP contribution in [0.5, 0.6) is 0 Å². The summed E-state index contributed by atoms with van der Waals surface area (Å²) in [5.74, 6) is -2.58. The molecule has 0 spiro atoms. The normalized spacial score (nSPS) is 10.6. The van der Waals surface area contributed by atoms with E-state index in [0.717, 1.165) is 6.07 Å². The van der Waals surface area contributed by atoms with Gasteiger partial charge in [-0.05, 0) is 36.8 Å². The van der Waals surface area contributed by atoms with Gasteiger partial charge in [-0.3, -0.25) is 4.79 Å². The smallest absolute Gasteiger partial charge is 0.199 e. The highest BCUT2D eigenvalue weighted by molar-refractivity contribution is 6.35. The second-order valence-electron chi connectivity index (χ2n) is 4.04. The van der Waals surface area contributed by atoms with Crippen molar-refractivity contribution < 1.29 is 13.6 Å². The minimum absolute atomic E-state index is 0.0425. The van der Waals surface area contributed by atoms with Crippen molar-refractivity contribution in [2.45, 2.75) is 6.92 Å². The Morgan fingerprint density at radius 2 is 1.63 bits per heavy atom. The highest BCUT2D eigenvalue weighted by Crippen LogP contribution is 2.24. The number of carbonyl (C=O) groups excluding carboxylic acids is 1. The van der Waals surface area contributed by atoms with Crippen LogP contribution < -0.4 is 0 Å². The molecule has 0 heterocycles. The Morgan fingerprint density at radius 1 is 1.05 bits per heavy atom. The summed E-state index contributed by atoms with van der Waals surface area (Å²) in [5.41, 5.74) is -0.364. The van der Waals surface area contributed by atoms with E-state index < -0.39 is 23.0 Å². The van der Waals surface area contributed by atoms with E-state index in [1.807, 2.05) is 0 Å². The fraction of sp³-hybridized carbons (Fsp3) is 0.0714. The first-order valence-electron chi connectivity index (χ1n) is 5.35. The topological polar surface area (TPSA) is 17.1 Å². The van der Waals surface area contributed by atoms with Crippen LogP contribution in [0.25, 0.3) is 0 Å². The van der Waals surface area contributed by atoms with E-state index in [9.17, 15) is 13.6 Å². The molecule has 2 rings (SSSR count). The van der Waals surface area contributed by atoms with E-state index in [4.69, 9.17) is 23.2 Å². The summed E-state index contributed by atoms with van der Waals surface area (Å²) in [7, 11) is 0. The van der Waals surface area contributed by atoms with Gasteiger partial charge in [0.25, 0.3) is 0 Å². The minimum atomic E-state index is -0.913. The second-order valence-corrected chi connectivity index (χ2v) is 4.91. The lowest BCUT2D eigenvalue weighted by atomic mass is 10.0. The van der Waals surface area contributed by atoms with Crippen molar-refractivity contribution in [3.8, 4) is 0 Å². The van der Waals surface area contributed by atoms with Gasteiger partial charge in [-0.15, -0.1) is 0 Å². The van der Waals surface area contributed by atoms with Crippen LogP contribution in [0.1, 0.15) is 21.5 Å². The summed E-state index contributed by atoms with van der Waals surface area (Å²) in [5, 5.41) is 0.452. The lowest BCUT2D eigenvalue weighted by molar-refractivity contribution is 0.103. The fourth-order valence-corrected chi connectivity index (χ4v) is 2.22. The van der Waals surface area contributed by atoms with Crippen LogP contribution in [0.15, 0.2) is 30.3 Å². The maximum atomic E-state index is 13.9. The van der Waals surface area contributed by atoms with Crippen molar-refractivity contribution in [1.29, 1.82) is 0 Å². The predicted octanol–water partition coefficient (Wildman–Crippen LogP) is 4.81. The molecule has 1 nitrogen and oxygen atoms in total. The zero-order valence-corrected chi connectivity index (χ0v) is 11.3. The van der Waals surface area contributed by atoms with Crippen LogP contribution in [0, 0.1) is 18.6 Å². The Kier molecular flexibility index (Phi) is 3.88. The summed E-state index contributed by atoms with van der Waals surface area (Å²) in [6, 6.07) is 6.39. The van der Waals surface area contributed by atoms with E-state index in [-0.39, 0.29) is 21.2 Å². The molecular weight excluding hydrogens is 293 g/mol. The average Bonchev–Trinajstić information content (AvgIpc) is 2.33. The summed E-state index contributed by atoms with van der Waals surface area (Å²) >= 11 is 11.5. The van der Waals surface area contributed by atoms with Crippen molar-refractivity contribution in [2.24, 2.45) is 0 Å². The second kappa shape index (κ2) is 5.27. The molecular formula is C14H8Cl2F2O. The predicted molar refractivity (Wildman–Crippen MR) is 71.0 cm³/mol. The Hall–Kier alpha value is -1.45. The van der Waals surface area contributed by atoms with Gasteiger partial charge in [-0.25, -0.2) is 8.78 Å². The summed E-state index contributed by atoms with van der Waals surface area (Å²) < 4.78 is 27.5. The van der Waals surface area contributed by atoms with Gasteiger partial charge >= 0.3 is 0 Å². The van der Waals surface area contributed by atoms with Crippen molar-refractivity contribution in [3.63, 3.8) is 0 Å². The van der Waals surface area contributed by atoms with Crippen LogP contribution in [-0.4, -0.2) is 5.78 Å². The Morgan fingerprint density at radius 3 is 2.21 bits per heavy atom. The lowest BCUT2D eigenvalue weighted by Gasteiger charge is -2.07. The fourth-order valence-electron chi connectivity index (χ4n) is 1.69. The van der Waals surface area contributed by atoms with Gasteiger partial charge < -0.3 is 0 Å². The van der Waals surface area contributed by atoms with Crippen LogP contribution in [-0.2, 0) is 0 Å². The number of rotatable bonds is 2. The van der Waals surface area contributed by atoms with E-state index in [1.165, 1.54) is 31.2 Å². The van der Waals surface area contributed by atoms with Crippen LogP contribution >= 0.6 is 23.2 Å². The highest BCUT2D eigenvalue weighted by Gasteiger charge is 2.21. The van der Waals surface area contributed by atoms with Gasteiger partial charge in [0, 0.05) is 15.6 Å². The van der Waals surface area contributed by atoms with Gasteiger partial charge in [-0.2, -0.15) is 0 Å². The van der Waals surface area contributed by atoms with Gasteiger partial charge in [-0.1, -0.05) is 29.3 Å². The molecule has 2 aromatic carbocycles. The third-order valence-electron chi connectivity index (χ3n) is 2.64. The van der Waals surface area contributed by atoms with Gasteiger partial charge in [0.1, 0.15) is 11.6 Å². The first kappa shape index (κ1) is 14.0. The number of carbonyl (C=O) groups is 1. The van der Waals surface area contributed by atoms with Gasteiger partial charge in [0.05, 0.1) is 5.56 Å². The first-order valence-corrected chi connectivity index (χ1v) is 6.11. The van der Waals surface area contributed by atoms with E-state index >= 15 is 0 Å². The molecule has 0 amide bonds. The summed E-state index contributed by atoms with van der Waals surface area (Å²) in [6.45, 7) is 1.45. The van der Waals surface area contributed by atoms with Crippen LogP contribution in [0.3, 0.4) is 0 Å². The Bertz CT molecular complexity index is 648. The molecule has 0 aliphatic rings. The molecule has 0 radical (unpaired) electrons. The molecule has 0 aliphatic heterocycles. The molecule has 0 aromatic heterocycles. The highest BCUT2D eigenvalue weighted by atomic mass is 35.5. The summed E-state index contributed by atoms with van der Waals surface area (Å²) in [6.07, 6.45) is 0. The Labute approximate surface area is 118 Å². The molecule has 98 valence electrons. The molecule has 0 saturated heterocycles. The first-order chi connectivity index (χ1) is 8.90. The molecule has 0 atom stereocenters. The van der Waals surface area contributed by atoms with Gasteiger partial charge in [0.2, 0.25) is 0 Å². The third kappa shape index (κ3) is 2.77. The number of benzene rings is 2.